The molecule has 1 aromatic carbocycles. The predicted octanol–water partition coefficient (Wildman–Crippen LogP) is 2.76. The molecule has 0 radical (unpaired) electrons. The van der Waals surface area contributed by atoms with Crippen molar-refractivity contribution in [3.8, 4) is 0 Å². The molecule has 0 fully saturated rings. The highest BCUT2D eigenvalue weighted by molar-refractivity contribution is 9.10. The molecule has 2 rings (SSSR count). The van der Waals surface area contributed by atoms with Crippen molar-refractivity contribution in [3.05, 3.63) is 34.4 Å². The van der Waals surface area contributed by atoms with Crippen LogP contribution in [0.1, 0.15) is 17.4 Å². The number of hydrogen-bond donors (Lipinski definition) is 1. The first kappa shape index (κ1) is 11.9. The van der Waals surface area contributed by atoms with Crippen LogP contribution in [0.3, 0.4) is 0 Å². The second-order valence-electron chi connectivity index (χ2n) is 3.43. The van der Waals surface area contributed by atoms with Gasteiger partial charge in [0.15, 0.2) is 5.69 Å². The summed E-state index contributed by atoms with van der Waals surface area (Å²) < 4.78 is 5.58. The van der Waals surface area contributed by atoms with Crippen LogP contribution in [-0.4, -0.2) is 17.6 Å². The highest BCUT2D eigenvalue weighted by Crippen LogP contribution is 2.30. The van der Waals surface area contributed by atoms with E-state index in [4.69, 9.17) is 10.5 Å². The monoisotopic (exact) mass is 294 g/mol. The van der Waals surface area contributed by atoms with Gasteiger partial charge in [-0.1, -0.05) is 18.2 Å². The molecular formula is C12H11BrN2O2. The molecule has 2 aromatic rings. The average Bonchev–Trinajstić information content (AvgIpc) is 2.34. The molecule has 0 amide bonds. The van der Waals surface area contributed by atoms with Gasteiger partial charge in [-0.15, -0.1) is 0 Å². The number of fused-ring (bicyclic) bond motifs is 1. The molecule has 0 aliphatic rings. The number of pyridine rings is 1. The summed E-state index contributed by atoms with van der Waals surface area (Å²) in [6.07, 6.45) is 0. The Morgan fingerprint density at radius 2 is 2.18 bits per heavy atom. The fourth-order valence-corrected chi connectivity index (χ4v) is 2.06. The maximum atomic E-state index is 11.7. The van der Waals surface area contributed by atoms with E-state index in [9.17, 15) is 4.79 Å². The number of ether oxygens (including phenoxy) is 1. The number of carbonyl (C=O) groups is 1. The van der Waals surface area contributed by atoms with Gasteiger partial charge < -0.3 is 10.5 Å². The van der Waals surface area contributed by atoms with Gasteiger partial charge in [-0.3, -0.25) is 0 Å². The van der Waals surface area contributed by atoms with Crippen molar-refractivity contribution >= 4 is 38.5 Å². The zero-order valence-electron chi connectivity index (χ0n) is 9.24. The van der Waals surface area contributed by atoms with Gasteiger partial charge in [0.05, 0.1) is 22.3 Å². The Morgan fingerprint density at radius 1 is 1.47 bits per heavy atom. The first-order chi connectivity index (χ1) is 8.15. The molecule has 5 heteroatoms. The van der Waals surface area contributed by atoms with E-state index in [1.54, 1.807) is 6.92 Å². The third-order valence-corrected chi connectivity index (χ3v) is 3.19. The van der Waals surface area contributed by atoms with Crippen LogP contribution in [0, 0.1) is 0 Å². The summed E-state index contributed by atoms with van der Waals surface area (Å²) in [6.45, 7) is 2.04. The lowest BCUT2D eigenvalue weighted by atomic mass is 10.2. The van der Waals surface area contributed by atoms with E-state index >= 15 is 0 Å². The SMILES string of the molecule is CCOC(=O)c1nc2ccccc2c(Br)c1N. The number of halogens is 1. The van der Waals surface area contributed by atoms with Crippen LogP contribution in [0.15, 0.2) is 28.7 Å². The number of nitrogens with zero attached hydrogens (tertiary/aromatic N) is 1. The van der Waals surface area contributed by atoms with Crippen LogP contribution in [0.5, 0.6) is 0 Å². The highest BCUT2D eigenvalue weighted by Gasteiger charge is 2.17. The van der Waals surface area contributed by atoms with Crippen LogP contribution in [-0.2, 0) is 4.74 Å². The Bertz CT molecular complexity index is 584. The molecular weight excluding hydrogens is 284 g/mol. The molecule has 1 aromatic heterocycles. The molecule has 0 spiro atoms. The molecule has 0 unspecified atom stereocenters. The number of aromatic nitrogens is 1. The molecule has 88 valence electrons. The quantitative estimate of drug-likeness (QED) is 0.865. The van der Waals surface area contributed by atoms with Crippen LogP contribution in [0.25, 0.3) is 10.9 Å². The van der Waals surface area contributed by atoms with Crippen LogP contribution < -0.4 is 5.73 Å². The summed E-state index contributed by atoms with van der Waals surface area (Å²) in [7, 11) is 0. The van der Waals surface area contributed by atoms with Gasteiger partial charge in [0.25, 0.3) is 0 Å². The Labute approximate surface area is 107 Å². The van der Waals surface area contributed by atoms with E-state index in [1.807, 2.05) is 24.3 Å². The average molecular weight is 295 g/mol. The largest absolute Gasteiger partial charge is 0.461 e. The third kappa shape index (κ3) is 2.10. The summed E-state index contributed by atoms with van der Waals surface area (Å²) in [5.41, 5.74) is 7.03. The summed E-state index contributed by atoms with van der Waals surface area (Å²) >= 11 is 3.38. The molecule has 0 bridgehead atoms. The first-order valence-electron chi connectivity index (χ1n) is 5.16. The summed E-state index contributed by atoms with van der Waals surface area (Å²) in [5, 5.41) is 0.873. The van der Waals surface area contributed by atoms with Crippen molar-refractivity contribution in [2.45, 2.75) is 6.92 Å². The summed E-state index contributed by atoms with van der Waals surface area (Å²) in [4.78, 5) is 15.9. The number of nitrogen functional groups attached to an aromatic ring is 1. The molecule has 0 saturated heterocycles. The Morgan fingerprint density at radius 3 is 2.88 bits per heavy atom. The highest BCUT2D eigenvalue weighted by atomic mass is 79.9. The normalized spacial score (nSPS) is 10.5. The number of esters is 1. The van der Waals surface area contributed by atoms with Crippen molar-refractivity contribution in [1.82, 2.24) is 4.98 Å². The zero-order chi connectivity index (χ0) is 12.4. The Hall–Kier alpha value is -1.62. The van der Waals surface area contributed by atoms with Gasteiger partial charge in [0, 0.05) is 5.39 Å². The number of rotatable bonds is 2. The smallest absolute Gasteiger partial charge is 0.359 e. The number of anilines is 1. The molecule has 17 heavy (non-hydrogen) atoms. The first-order valence-corrected chi connectivity index (χ1v) is 5.95. The molecule has 0 aliphatic heterocycles. The molecule has 0 aliphatic carbocycles. The van der Waals surface area contributed by atoms with Crippen LogP contribution >= 0.6 is 15.9 Å². The van der Waals surface area contributed by atoms with E-state index < -0.39 is 5.97 Å². The number of benzene rings is 1. The molecule has 4 nitrogen and oxygen atoms in total. The van der Waals surface area contributed by atoms with Gasteiger partial charge in [0.1, 0.15) is 0 Å². The van der Waals surface area contributed by atoms with E-state index in [2.05, 4.69) is 20.9 Å². The van der Waals surface area contributed by atoms with Crippen LogP contribution in [0.2, 0.25) is 0 Å². The lowest BCUT2D eigenvalue weighted by Crippen LogP contribution is -2.11. The number of nitrogens with two attached hydrogens (primary N) is 1. The standard InChI is InChI=1S/C12H11BrN2O2/c1-2-17-12(16)11-10(14)9(13)7-5-3-4-6-8(7)15-11/h3-6H,2,14H2,1H3. The fourth-order valence-electron chi connectivity index (χ4n) is 1.54. The number of para-hydroxylation sites is 1. The van der Waals surface area contributed by atoms with E-state index in [0.717, 1.165) is 5.39 Å². The van der Waals surface area contributed by atoms with Gasteiger partial charge in [0.2, 0.25) is 0 Å². The minimum absolute atomic E-state index is 0.150. The van der Waals surface area contributed by atoms with Crippen molar-refractivity contribution in [3.63, 3.8) is 0 Å². The summed E-state index contributed by atoms with van der Waals surface area (Å²) in [6, 6.07) is 7.45. The number of hydrogen-bond acceptors (Lipinski definition) is 4. The lowest BCUT2D eigenvalue weighted by molar-refractivity contribution is 0.0521. The van der Waals surface area contributed by atoms with Gasteiger partial charge >= 0.3 is 5.97 Å². The fraction of sp³-hybridized carbons (Fsp3) is 0.167. The maximum Gasteiger partial charge on any atom is 0.359 e. The van der Waals surface area contributed by atoms with Crippen molar-refractivity contribution in [2.75, 3.05) is 12.3 Å². The summed E-state index contributed by atoms with van der Waals surface area (Å²) in [5.74, 6) is -0.503. The second kappa shape index (κ2) is 4.71. The predicted molar refractivity (Wildman–Crippen MR) is 69.8 cm³/mol. The molecule has 2 N–H and O–H groups in total. The minimum atomic E-state index is -0.503. The molecule has 1 heterocycles. The zero-order valence-corrected chi connectivity index (χ0v) is 10.8. The van der Waals surface area contributed by atoms with E-state index in [1.165, 1.54) is 0 Å². The Kier molecular flexibility index (Phi) is 3.28. The van der Waals surface area contributed by atoms with E-state index in [-0.39, 0.29) is 5.69 Å². The third-order valence-electron chi connectivity index (χ3n) is 2.33. The van der Waals surface area contributed by atoms with Gasteiger partial charge in [-0.05, 0) is 28.9 Å². The van der Waals surface area contributed by atoms with Crippen molar-refractivity contribution in [1.29, 1.82) is 0 Å². The van der Waals surface area contributed by atoms with Gasteiger partial charge in [-0.2, -0.15) is 0 Å². The molecule has 0 saturated carbocycles. The topological polar surface area (TPSA) is 65.2 Å². The van der Waals surface area contributed by atoms with E-state index in [0.29, 0.717) is 22.3 Å². The van der Waals surface area contributed by atoms with Crippen molar-refractivity contribution in [2.24, 2.45) is 0 Å². The Balaban J connectivity index is 2.65. The lowest BCUT2D eigenvalue weighted by Gasteiger charge is -2.09. The second-order valence-corrected chi connectivity index (χ2v) is 4.22. The molecule has 0 atom stereocenters. The minimum Gasteiger partial charge on any atom is -0.461 e. The van der Waals surface area contributed by atoms with Gasteiger partial charge in [-0.25, -0.2) is 9.78 Å². The number of carbonyl (C=O) groups excluding carboxylic acids is 1. The maximum absolute atomic E-state index is 11.7. The van der Waals surface area contributed by atoms with Crippen molar-refractivity contribution < 1.29 is 9.53 Å². The van der Waals surface area contributed by atoms with Crippen LogP contribution in [0.4, 0.5) is 5.69 Å².